The summed E-state index contributed by atoms with van der Waals surface area (Å²) in [6, 6.07) is 0. The first-order valence-corrected chi connectivity index (χ1v) is 2.87. The van der Waals surface area contributed by atoms with Crippen LogP contribution in [-0.2, 0) is 22.2 Å². The Hall–Kier alpha value is -0.242. The molecule has 6 heavy (non-hydrogen) atoms. The minimum absolute atomic E-state index is 1.22. The maximum atomic E-state index is 9.38. The predicted molar refractivity (Wildman–Crippen MR) is 11.8 cm³/mol. The fourth-order valence-electron chi connectivity index (χ4n) is 0.0356. The van der Waals surface area contributed by atoms with Crippen molar-refractivity contribution in [3.05, 3.63) is 0 Å². The molecule has 0 aromatic rings. The van der Waals surface area contributed by atoms with Crippen molar-refractivity contribution in [2.45, 2.75) is 0 Å². The summed E-state index contributed by atoms with van der Waals surface area (Å²) in [6.07, 6.45) is -1.22. The second kappa shape index (κ2) is 2.97. The number of amides is 1. The molecule has 0 saturated carbocycles. The standard InChI is InChI=1S/CH2NO2.Mo.O/c2-1(3)4;;/h2H,(H,3,4);;/q-1;+1;. The molecular weight excluding hydrogens is 170 g/mol. The van der Waals surface area contributed by atoms with Gasteiger partial charge >= 0.3 is 42.0 Å². The second-order valence-corrected chi connectivity index (χ2v) is 1.40. The average Bonchev–Trinajstić information content (AvgIpc) is 1.35. The number of rotatable bonds is 1. The van der Waals surface area contributed by atoms with Crippen molar-refractivity contribution in [2.75, 3.05) is 0 Å². The Kier molecular flexibility index (Phi) is 2.85. The molecule has 0 unspecified atom stereocenters. The van der Waals surface area contributed by atoms with Gasteiger partial charge in [-0.25, -0.2) is 0 Å². The molecule has 0 saturated heterocycles. The Morgan fingerprint density at radius 3 is 2.33 bits per heavy atom. The Labute approximate surface area is 42.7 Å². The molecule has 0 rings (SSSR count). The predicted octanol–water partition coefficient (Wildman–Crippen LogP) is -0.403. The van der Waals surface area contributed by atoms with Crippen LogP contribution >= 0.6 is 0 Å². The number of carbonyl (C=O) groups is 1. The summed E-state index contributed by atoms with van der Waals surface area (Å²) in [7, 11) is 0. The molecule has 0 aromatic carbocycles. The van der Waals surface area contributed by atoms with Gasteiger partial charge in [-0.05, 0) is 0 Å². The number of hydrogen-bond acceptors (Lipinski definition) is 2. The second-order valence-electron chi connectivity index (χ2n) is 0.491. The molecule has 1 amide bonds. The van der Waals surface area contributed by atoms with Crippen molar-refractivity contribution in [2.24, 2.45) is 0 Å². The summed E-state index contributed by atoms with van der Waals surface area (Å²) in [4.78, 5) is 9.32. The molecule has 0 atom stereocenters. The van der Waals surface area contributed by atoms with Gasteiger partial charge in [0.15, 0.2) is 0 Å². The molecule has 5 heteroatoms. The molecule has 0 aromatic heterocycles. The summed E-state index contributed by atoms with van der Waals surface area (Å²) in [5, 5.41) is 7.63. The van der Waals surface area contributed by atoms with E-state index >= 15 is 0 Å². The molecule has 0 aliphatic carbocycles. The van der Waals surface area contributed by atoms with E-state index in [0.717, 1.165) is 0 Å². The summed E-state index contributed by atoms with van der Waals surface area (Å²) in [5.41, 5.74) is 0. The van der Waals surface area contributed by atoms with E-state index < -0.39 is 24.9 Å². The zero-order valence-corrected chi connectivity index (χ0v) is 4.68. The molecular formula is CH2MoNO3. The van der Waals surface area contributed by atoms with Crippen LogP contribution in [0.1, 0.15) is 0 Å². The Morgan fingerprint density at radius 2 is 2.33 bits per heavy atom. The van der Waals surface area contributed by atoms with Crippen LogP contribution in [-0.4, -0.2) is 11.2 Å². The van der Waals surface area contributed by atoms with Crippen molar-refractivity contribution < 1.29 is 32.1 Å². The van der Waals surface area contributed by atoms with Gasteiger partial charge in [-0.15, -0.1) is 0 Å². The topological polar surface area (TPSA) is 66.4 Å². The quantitative estimate of drug-likeness (QED) is 0.528. The van der Waals surface area contributed by atoms with Crippen LogP contribution in [0, 0.1) is 0 Å². The molecule has 0 aliphatic heterocycles. The van der Waals surface area contributed by atoms with Gasteiger partial charge < -0.3 is 0 Å². The van der Waals surface area contributed by atoms with Gasteiger partial charge in [-0.3, -0.25) is 0 Å². The zero-order chi connectivity index (χ0) is 4.99. The van der Waals surface area contributed by atoms with Crippen LogP contribution < -0.4 is 3.88 Å². The molecule has 0 bridgehead atoms. The summed E-state index contributed by atoms with van der Waals surface area (Å²) < 4.78 is 11.1. The van der Waals surface area contributed by atoms with Crippen molar-refractivity contribution >= 4 is 6.09 Å². The van der Waals surface area contributed by atoms with E-state index in [-0.39, 0.29) is 0 Å². The van der Waals surface area contributed by atoms with E-state index in [4.69, 9.17) is 5.11 Å². The van der Waals surface area contributed by atoms with Gasteiger partial charge in [0.25, 0.3) is 0 Å². The molecule has 0 aliphatic rings. The van der Waals surface area contributed by atoms with E-state index in [1.54, 1.807) is 3.88 Å². The zero-order valence-electron chi connectivity index (χ0n) is 2.67. The Morgan fingerprint density at radius 1 is 1.83 bits per heavy atom. The van der Waals surface area contributed by atoms with Crippen molar-refractivity contribution in [1.82, 2.24) is 3.88 Å². The van der Waals surface area contributed by atoms with Gasteiger partial charge in [-0.1, -0.05) is 0 Å². The van der Waals surface area contributed by atoms with Crippen molar-refractivity contribution in [3.8, 4) is 0 Å². The summed E-state index contributed by atoms with van der Waals surface area (Å²) in [6.45, 7) is 0. The monoisotopic (exact) mass is 174 g/mol. The first-order chi connectivity index (χ1) is 2.77. The molecule has 0 spiro atoms. The van der Waals surface area contributed by atoms with Crippen LogP contribution in [0.5, 0.6) is 0 Å². The molecule has 35 valence electrons. The van der Waals surface area contributed by atoms with E-state index in [2.05, 4.69) is 0 Å². The molecule has 2 N–H and O–H groups in total. The van der Waals surface area contributed by atoms with Crippen LogP contribution in [0.3, 0.4) is 0 Å². The van der Waals surface area contributed by atoms with E-state index in [9.17, 15) is 8.19 Å². The number of carboxylic acid groups (broad SMARTS) is 1. The number of hydrogen-bond donors (Lipinski definition) is 2. The molecule has 0 heterocycles. The summed E-state index contributed by atoms with van der Waals surface area (Å²) >= 11 is -1.67. The van der Waals surface area contributed by atoms with Crippen LogP contribution in [0.4, 0.5) is 4.79 Å². The van der Waals surface area contributed by atoms with Crippen molar-refractivity contribution in [3.63, 3.8) is 0 Å². The van der Waals surface area contributed by atoms with E-state index in [0.29, 0.717) is 0 Å². The number of nitrogens with one attached hydrogen (secondary N) is 1. The molecule has 0 radical (unpaired) electrons. The minimum atomic E-state index is -1.67. The first-order valence-electron chi connectivity index (χ1n) is 1.05. The molecule has 0 fully saturated rings. The van der Waals surface area contributed by atoms with Gasteiger partial charge in [-0.2, -0.15) is 0 Å². The van der Waals surface area contributed by atoms with E-state index in [1.165, 1.54) is 0 Å². The van der Waals surface area contributed by atoms with Crippen LogP contribution in [0.2, 0.25) is 0 Å². The maximum absolute atomic E-state index is 9.38. The van der Waals surface area contributed by atoms with Crippen LogP contribution in [0.25, 0.3) is 0 Å². The fourth-order valence-corrected chi connectivity index (χ4v) is 0.211. The fraction of sp³-hybridized carbons (Fsp3) is 0. The third-order valence-electron chi connectivity index (χ3n) is 0.129. The SMILES string of the molecule is [O]=[Mo][NH]C(=O)O. The Bertz CT molecular complexity index is 71.2. The van der Waals surface area contributed by atoms with Gasteiger partial charge in [0.05, 0.1) is 0 Å². The first kappa shape index (κ1) is 5.76. The van der Waals surface area contributed by atoms with Crippen LogP contribution in [0.15, 0.2) is 0 Å². The third kappa shape index (κ3) is 3.76. The Balaban J connectivity index is 3.05. The van der Waals surface area contributed by atoms with Gasteiger partial charge in [0, 0.05) is 0 Å². The average molecular weight is 172 g/mol. The van der Waals surface area contributed by atoms with Gasteiger partial charge in [0.1, 0.15) is 0 Å². The molecule has 4 nitrogen and oxygen atoms in total. The van der Waals surface area contributed by atoms with E-state index in [1.807, 2.05) is 0 Å². The van der Waals surface area contributed by atoms with Gasteiger partial charge in [0.2, 0.25) is 0 Å². The third-order valence-corrected chi connectivity index (χ3v) is 0.763. The van der Waals surface area contributed by atoms with Crippen molar-refractivity contribution in [1.29, 1.82) is 0 Å². The normalized spacial score (nSPS) is 6.67. The summed E-state index contributed by atoms with van der Waals surface area (Å²) in [5.74, 6) is 0.